The number of fused-ring (bicyclic) bond motifs is 1. The van der Waals surface area contributed by atoms with Gasteiger partial charge in [-0.3, -0.25) is 4.79 Å². The maximum Gasteiger partial charge on any atom is 0.258 e. The number of benzene rings is 1. The Balaban J connectivity index is 2.63. The van der Waals surface area contributed by atoms with E-state index in [1.54, 1.807) is 12.1 Å². The van der Waals surface area contributed by atoms with Crippen molar-refractivity contribution >= 4 is 22.3 Å². The standard InChI is InChI=1S/C13H18N4O2/c1-13(2,6-18)17(3)11-5-10-8(4-9(11)14)12(19)16-7-15-10/h4-5,7,18H,6,14H2,1-3H3,(H,15,16,19). The van der Waals surface area contributed by atoms with Crippen molar-refractivity contribution in [1.82, 2.24) is 9.97 Å². The molecule has 0 saturated heterocycles. The molecule has 0 radical (unpaired) electrons. The second-order valence-corrected chi connectivity index (χ2v) is 5.19. The van der Waals surface area contributed by atoms with E-state index in [4.69, 9.17) is 5.73 Å². The number of rotatable bonds is 3. The van der Waals surface area contributed by atoms with E-state index in [9.17, 15) is 9.90 Å². The molecule has 0 bridgehead atoms. The van der Waals surface area contributed by atoms with Crippen molar-refractivity contribution in [3.63, 3.8) is 0 Å². The van der Waals surface area contributed by atoms with Crippen molar-refractivity contribution in [3.8, 4) is 0 Å². The summed E-state index contributed by atoms with van der Waals surface area (Å²) in [4.78, 5) is 20.2. The van der Waals surface area contributed by atoms with Crippen LogP contribution in [0.3, 0.4) is 0 Å². The maximum absolute atomic E-state index is 11.7. The molecule has 0 unspecified atom stereocenters. The van der Waals surface area contributed by atoms with Crippen LogP contribution in [0.5, 0.6) is 0 Å². The van der Waals surface area contributed by atoms with E-state index in [-0.39, 0.29) is 12.2 Å². The van der Waals surface area contributed by atoms with Gasteiger partial charge < -0.3 is 20.7 Å². The zero-order valence-corrected chi connectivity index (χ0v) is 11.3. The number of hydrogen-bond donors (Lipinski definition) is 3. The van der Waals surface area contributed by atoms with Crippen LogP contribution in [0.15, 0.2) is 23.3 Å². The van der Waals surface area contributed by atoms with Crippen molar-refractivity contribution in [2.45, 2.75) is 19.4 Å². The number of nitrogens with two attached hydrogens (primary N) is 1. The van der Waals surface area contributed by atoms with Crippen molar-refractivity contribution in [3.05, 3.63) is 28.8 Å². The molecule has 102 valence electrons. The Kier molecular flexibility index (Phi) is 3.20. The van der Waals surface area contributed by atoms with Crippen LogP contribution >= 0.6 is 0 Å². The third-order valence-electron chi connectivity index (χ3n) is 3.45. The number of likely N-dealkylation sites (N-methyl/N-ethyl adjacent to an activating group) is 1. The molecule has 1 aromatic carbocycles. The molecule has 0 fully saturated rings. The number of aromatic amines is 1. The first kappa shape index (κ1) is 13.4. The summed E-state index contributed by atoms with van der Waals surface area (Å²) >= 11 is 0. The summed E-state index contributed by atoms with van der Waals surface area (Å²) in [5, 5.41) is 9.88. The van der Waals surface area contributed by atoms with E-state index in [1.165, 1.54) is 6.33 Å². The Morgan fingerprint density at radius 3 is 2.79 bits per heavy atom. The van der Waals surface area contributed by atoms with Gasteiger partial charge in [0, 0.05) is 7.05 Å². The third-order valence-corrected chi connectivity index (χ3v) is 3.45. The summed E-state index contributed by atoms with van der Waals surface area (Å²) in [6.45, 7) is 3.80. The Morgan fingerprint density at radius 1 is 1.47 bits per heavy atom. The van der Waals surface area contributed by atoms with Crippen LogP contribution in [0.25, 0.3) is 10.9 Å². The van der Waals surface area contributed by atoms with Crippen molar-refractivity contribution < 1.29 is 5.11 Å². The molecule has 4 N–H and O–H groups in total. The highest BCUT2D eigenvalue weighted by atomic mass is 16.3. The molecule has 0 aliphatic heterocycles. The number of nitrogens with zero attached hydrogens (tertiary/aromatic N) is 2. The zero-order valence-electron chi connectivity index (χ0n) is 11.3. The molecule has 6 heteroatoms. The summed E-state index contributed by atoms with van der Waals surface area (Å²) in [6.07, 6.45) is 1.36. The van der Waals surface area contributed by atoms with Gasteiger partial charge in [-0.15, -0.1) is 0 Å². The highest BCUT2D eigenvalue weighted by Crippen LogP contribution is 2.30. The lowest BCUT2D eigenvalue weighted by molar-refractivity contribution is 0.216. The smallest absolute Gasteiger partial charge is 0.258 e. The van der Waals surface area contributed by atoms with E-state index in [2.05, 4.69) is 9.97 Å². The monoisotopic (exact) mass is 262 g/mol. The molecular formula is C13H18N4O2. The lowest BCUT2D eigenvalue weighted by Gasteiger charge is -2.36. The number of aliphatic hydroxyl groups excluding tert-OH is 1. The lowest BCUT2D eigenvalue weighted by Crippen LogP contribution is -2.44. The molecule has 1 heterocycles. The Hall–Kier alpha value is -2.08. The average Bonchev–Trinajstić information content (AvgIpc) is 2.38. The summed E-state index contributed by atoms with van der Waals surface area (Å²) in [5.74, 6) is 0. The number of nitrogens with one attached hydrogen (secondary N) is 1. The predicted molar refractivity (Wildman–Crippen MR) is 76.3 cm³/mol. The summed E-state index contributed by atoms with van der Waals surface area (Å²) < 4.78 is 0. The first-order valence-corrected chi connectivity index (χ1v) is 5.98. The van der Waals surface area contributed by atoms with Gasteiger partial charge in [-0.05, 0) is 26.0 Å². The zero-order chi connectivity index (χ0) is 14.2. The van der Waals surface area contributed by atoms with Gasteiger partial charge in [0.15, 0.2) is 0 Å². The Morgan fingerprint density at radius 2 is 2.16 bits per heavy atom. The maximum atomic E-state index is 11.7. The van der Waals surface area contributed by atoms with Gasteiger partial charge in [0.1, 0.15) is 0 Å². The molecule has 0 aliphatic rings. The molecule has 2 rings (SSSR count). The van der Waals surface area contributed by atoms with Crippen LogP contribution in [0.4, 0.5) is 11.4 Å². The van der Waals surface area contributed by atoms with E-state index in [0.29, 0.717) is 16.6 Å². The lowest BCUT2D eigenvalue weighted by atomic mass is 10.0. The fraction of sp³-hybridized carbons (Fsp3) is 0.385. The molecule has 0 saturated carbocycles. The number of aliphatic hydroxyl groups is 1. The molecule has 19 heavy (non-hydrogen) atoms. The van der Waals surface area contributed by atoms with Gasteiger partial charge in [0.2, 0.25) is 0 Å². The van der Waals surface area contributed by atoms with Gasteiger partial charge >= 0.3 is 0 Å². The first-order valence-electron chi connectivity index (χ1n) is 5.98. The van der Waals surface area contributed by atoms with Gasteiger partial charge in [0.25, 0.3) is 5.56 Å². The van der Waals surface area contributed by atoms with Crippen LogP contribution in [-0.2, 0) is 0 Å². The quantitative estimate of drug-likeness (QED) is 0.708. The summed E-state index contributed by atoms with van der Waals surface area (Å²) in [7, 11) is 1.85. The van der Waals surface area contributed by atoms with E-state index in [0.717, 1.165) is 5.69 Å². The largest absolute Gasteiger partial charge is 0.397 e. The highest BCUT2D eigenvalue weighted by molar-refractivity contribution is 5.88. The van der Waals surface area contributed by atoms with Gasteiger partial charge in [-0.25, -0.2) is 4.98 Å². The third kappa shape index (κ3) is 2.26. The minimum atomic E-state index is -0.455. The molecule has 0 atom stereocenters. The van der Waals surface area contributed by atoms with E-state index in [1.807, 2.05) is 25.8 Å². The van der Waals surface area contributed by atoms with Gasteiger partial charge in [-0.1, -0.05) is 0 Å². The number of hydrogen-bond acceptors (Lipinski definition) is 5. The van der Waals surface area contributed by atoms with Crippen LogP contribution in [0.1, 0.15) is 13.8 Å². The van der Waals surface area contributed by atoms with Crippen molar-refractivity contribution in [2.24, 2.45) is 0 Å². The van der Waals surface area contributed by atoms with Crippen LogP contribution in [-0.4, -0.2) is 34.3 Å². The predicted octanol–water partition coefficient (Wildman–Crippen LogP) is 0.712. The SMILES string of the molecule is CN(c1cc2nc[nH]c(=O)c2cc1N)C(C)(C)CO. The Labute approximate surface area is 110 Å². The van der Waals surface area contributed by atoms with Gasteiger partial charge in [-0.2, -0.15) is 0 Å². The Bertz CT molecular complexity index is 663. The number of anilines is 2. The normalized spacial score (nSPS) is 11.8. The molecule has 2 aromatic rings. The first-order chi connectivity index (χ1) is 8.86. The van der Waals surface area contributed by atoms with Crippen LogP contribution < -0.4 is 16.2 Å². The van der Waals surface area contributed by atoms with Crippen molar-refractivity contribution in [2.75, 3.05) is 24.3 Å². The molecule has 0 amide bonds. The topological polar surface area (TPSA) is 95.2 Å². The number of aromatic nitrogens is 2. The highest BCUT2D eigenvalue weighted by Gasteiger charge is 2.24. The van der Waals surface area contributed by atoms with Gasteiger partial charge in [0.05, 0.1) is 40.8 Å². The average molecular weight is 262 g/mol. The van der Waals surface area contributed by atoms with Crippen LogP contribution in [0.2, 0.25) is 0 Å². The minimum absolute atomic E-state index is 0.0101. The second-order valence-electron chi connectivity index (χ2n) is 5.19. The molecule has 0 spiro atoms. The number of H-pyrrole nitrogens is 1. The fourth-order valence-electron chi connectivity index (χ4n) is 1.84. The van der Waals surface area contributed by atoms with E-state index < -0.39 is 5.54 Å². The van der Waals surface area contributed by atoms with Crippen molar-refractivity contribution in [1.29, 1.82) is 0 Å². The molecule has 6 nitrogen and oxygen atoms in total. The summed E-state index contributed by atoms with van der Waals surface area (Å²) in [6, 6.07) is 3.37. The number of nitrogen functional groups attached to an aromatic ring is 1. The van der Waals surface area contributed by atoms with E-state index >= 15 is 0 Å². The molecular weight excluding hydrogens is 244 g/mol. The fourth-order valence-corrected chi connectivity index (χ4v) is 1.84. The molecule has 0 aliphatic carbocycles. The minimum Gasteiger partial charge on any atom is -0.397 e. The van der Waals surface area contributed by atoms with Crippen LogP contribution in [0, 0.1) is 0 Å². The molecule has 1 aromatic heterocycles. The summed E-state index contributed by atoms with van der Waals surface area (Å²) in [5.41, 5.74) is 7.13. The second kappa shape index (κ2) is 4.55.